The highest BCUT2D eigenvalue weighted by Crippen LogP contribution is 2.37. The Kier molecular flexibility index (Phi) is 5.63. The van der Waals surface area contributed by atoms with E-state index < -0.39 is 34.7 Å². The molecule has 1 fully saturated rings. The van der Waals surface area contributed by atoms with Crippen LogP contribution >= 0.6 is 11.6 Å². The van der Waals surface area contributed by atoms with Crippen LogP contribution < -0.4 is 5.32 Å². The van der Waals surface area contributed by atoms with Gasteiger partial charge in [0.1, 0.15) is 5.41 Å². The first kappa shape index (κ1) is 19.5. The Hall–Kier alpha value is -1.80. The zero-order valence-corrected chi connectivity index (χ0v) is 14.5. The van der Waals surface area contributed by atoms with Crippen LogP contribution in [0.4, 0.5) is 18.9 Å². The van der Waals surface area contributed by atoms with E-state index in [0.29, 0.717) is 26.3 Å². The molecule has 0 aromatic heterocycles. The number of carbonyl (C=O) groups excluding carboxylic acids is 2. The van der Waals surface area contributed by atoms with Crippen LogP contribution in [0.25, 0.3) is 0 Å². The van der Waals surface area contributed by atoms with Gasteiger partial charge in [0.15, 0.2) is 0 Å². The van der Waals surface area contributed by atoms with Gasteiger partial charge in [-0.25, -0.2) is 0 Å². The fraction of sp³-hybridized carbons (Fsp3) is 0.500. The minimum absolute atomic E-state index is 0.103. The molecule has 9 heteroatoms. The van der Waals surface area contributed by atoms with Crippen LogP contribution in [0.2, 0.25) is 5.02 Å². The summed E-state index contributed by atoms with van der Waals surface area (Å²) in [5.41, 5.74) is -3.03. The zero-order chi connectivity index (χ0) is 18.8. The molecule has 0 atom stereocenters. The van der Waals surface area contributed by atoms with E-state index in [0.717, 1.165) is 12.1 Å². The smallest absolute Gasteiger partial charge is 0.378 e. The fourth-order valence-corrected chi connectivity index (χ4v) is 2.57. The molecule has 1 aromatic carbocycles. The monoisotopic (exact) mass is 378 g/mol. The highest BCUT2D eigenvalue weighted by molar-refractivity contribution is 6.30. The van der Waals surface area contributed by atoms with Crippen LogP contribution in [0.5, 0.6) is 0 Å². The quantitative estimate of drug-likeness (QED) is 0.822. The largest absolute Gasteiger partial charge is 0.418 e. The molecule has 0 bridgehead atoms. The van der Waals surface area contributed by atoms with Gasteiger partial charge in [-0.2, -0.15) is 13.2 Å². The van der Waals surface area contributed by atoms with E-state index in [-0.39, 0.29) is 5.02 Å². The highest BCUT2D eigenvalue weighted by Gasteiger charge is 2.41. The molecule has 1 N–H and O–H groups in total. The molecule has 0 saturated carbocycles. The third kappa shape index (κ3) is 4.43. The number of halogens is 4. The Balaban J connectivity index is 2.22. The molecule has 0 radical (unpaired) electrons. The van der Waals surface area contributed by atoms with E-state index in [1.54, 1.807) is 0 Å². The van der Waals surface area contributed by atoms with E-state index in [4.69, 9.17) is 16.3 Å². The maximum atomic E-state index is 13.1. The molecular weight excluding hydrogens is 361 g/mol. The maximum absolute atomic E-state index is 13.1. The van der Waals surface area contributed by atoms with Crippen molar-refractivity contribution in [2.24, 2.45) is 5.41 Å². The number of ether oxygens (including phenoxy) is 1. The molecule has 1 aliphatic rings. The van der Waals surface area contributed by atoms with Gasteiger partial charge in [-0.3, -0.25) is 9.59 Å². The number of nitrogens with zero attached hydrogens (tertiary/aromatic N) is 1. The first-order valence-corrected chi connectivity index (χ1v) is 7.96. The van der Waals surface area contributed by atoms with Gasteiger partial charge in [0.25, 0.3) is 0 Å². The number of anilines is 1. The van der Waals surface area contributed by atoms with Crippen molar-refractivity contribution in [1.29, 1.82) is 0 Å². The topological polar surface area (TPSA) is 58.6 Å². The molecule has 2 amide bonds. The predicted octanol–water partition coefficient (Wildman–Crippen LogP) is 3.18. The van der Waals surface area contributed by atoms with E-state index in [9.17, 15) is 22.8 Å². The number of benzene rings is 1. The Bertz CT molecular complexity index is 671. The van der Waals surface area contributed by atoms with Gasteiger partial charge in [0, 0.05) is 18.1 Å². The first-order chi connectivity index (χ1) is 11.5. The van der Waals surface area contributed by atoms with Gasteiger partial charge in [-0.1, -0.05) is 11.6 Å². The second kappa shape index (κ2) is 7.21. The molecule has 2 rings (SSSR count). The molecule has 0 unspecified atom stereocenters. The van der Waals surface area contributed by atoms with Gasteiger partial charge in [0.2, 0.25) is 11.8 Å². The van der Waals surface area contributed by atoms with E-state index in [1.807, 2.05) is 0 Å². The van der Waals surface area contributed by atoms with Gasteiger partial charge >= 0.3 is 6.18 Å². The van der Waals surface area contributed by atoms with Crippen molar-refractivity contribution in [2.75, 3.05) is 31.6 Å². The lowest BCUT2D eigenvalue weighted by atomic mass is 9.89. The second-order valence-corrected chi connectivity index (χ2v) is 6.61. The lowest BCUT2D eigenvalue weighted by Crippen LogP contribution is -2.51. The molecular formula is C16H18ClF3N2O3. The third-order valence-corrected chi connectivity index (χ3v) is 4.17. The molecule has 5 nitrogen and oxygen atoms in total. The third-order valence-electron chi connectivity index (χ3n) is 3.94. The Morgan fingerprint density at radius 2 is 1.80 bits per heavy atom. The number of rotatable bonds is 3. The van der Waals surface area contributed by atoms with Crippen LogP contribution in [-0.2, 0) is 20.5 Å². The minimum Gasteiger partial charge on any atom is -0.378 e. The van der Waals surface area contributed by atoms with E-state index in [2.05, 4.69) is 5.32 Å². The first-order valence-electron chi connectivity index (χ1n) is 7.59. The molecule has 138 valence electrons. The van der Waals surface area contributed by atoms with Crippen molar-refractivity contribution in [2.45, 2.75) is 20.0 Å². The van der Waals surface area contributed by atoms with Crippen molar-refractivity contribution in [3.63, 3.8) is 0 Å². The lowest BCUT2D eigenvalue weighted by Gasteiger charge is -2.33. The number of hydrogen-bond acceptors (Lipinski definition) is 3. The molecule has 25 heavy (non-hydrogen) atoms. The molecule has 0 spiro atoms. The second-order valence-electron chi connectivity index (χ2n) is 6.17. The van der Waals surface area contributed by atoms with Crippen molar-refractivity contribution < 1.29 is 27.5 Å². The van der Waals surface area contributed by atoms with Crippen LogP contribution in [-0.4, -0.2) is 43.0 Å². The Morgan fingerprint density at radius 3 is 2.36 bits per heavy atom. The normalized spacial score (nSPS) is 15.8. The number of amides is 2. The average molecular weight is 379 g/mol. The molecule has 1 aromatic rings. The van der Waals surface area contributed by atoms with E-state index >= 15 is 0 Å². The summed E-state index contributed by atoms with van der Waals surface area (Å²) in [5.74, 6) is -1.28. The lowest BCUT2D eigenvalue weighted by molar-refractivity contribution is -0.149. The number of nitrogens with one attached hydrogen (secondary N) is 1. The summed E-state index contributed by atoms with van der Waals surface area (Å²) >= 11 is 5.62. The van der Waals surface area contributed by atoms with Gasteiger partial charge in [0.05, 0.1) is 24.5 Å². The van der Waals surface area contributed by atoms with Gasteiger partial charge in [-0.15, -0.1) is 0 Å². The van der Waals surface area contributed by atoms with Crippen LogP contribution in [0.3, 0.4) is 0 Å². The summed E-state index contributed by atoms with van der Waals surface area (Å²) in [6.45, 7) is 4.15. The van der Waals surface area contributed by atoms with Crippen molar-refractivity contribution in [3.8, 4) is 0 Å². The van der Waals surface area contributed by atoms with E-state index in [1.165, 1.54) is 24.8 Å². The Labute approximate surface area is 148 Å². The van der Waals surface area contributed by atoms with Crippen molar-refractivity contribution in [3.05, 3.63) is 28.8 Å². The summed E-state index contributed by atoms with van der Waals surface area (Å²) in [5, 5.41) is 2.11. The van der Waals surface area contributed by atoms with Crippen molar-refractivity contribution >= 4 is 29.1 Å². The highest BCUT2D eigenvalue weighted by atomic mass is 35.5. The van der Waals surface area contributed by atoms with Crippen molar-refractivity contribution in [1.82, 2.24) is 4.90 Å². The van der Waals surface area contributed by atoms with Gasteiger partial charge < -0.3 is 15.0 Å². The number of morpholine rings is 1. The maximum Gasteiger partial charge on any atom is 0.418 e. The molecule has 1 saturated heterocycles. The molecule has 0 aliphatic carbocycles. The van der Waals surface area contributed by atoms with Crippen LogP contribution in [0, 0.1) is 5.41 Å². The Morgan fingerprint density at radius 1 is 1.20 bits per heavy atom. The van der Waals surface area contributed by atoms with Crippen LogP contribution in [0.15, 0.2) is 18.2 Å². The molecule has 1 aliphatic heterocycles. The summed E-state index contributed by atoms with van der Waals surface area (Å²) in [7, 11) is 0. The number of alkyl halides is 3. The summed E-state index contributed by atoms with van der Waals surface area (Å²) < 4.78 is 44.5. The summed E-state index contributed by atoms with van der Waals surface area (Å²) in [4.78, 5) is 26.5. The van der Waals surface area contributed by atoms with Gasteiger partial charge in [-0.05, 0) is 32.0 Å². The summed E-state index contributed by atoms with van der Waals surface area (Å²) in [6.07, 6.45) is -4.69. The molecule has 1 heterocycles. The van der Waals surface area contributed by atoms with Crippen LogP contribution in [0.1, 0.15) is 19.4 Å². The standard InChI is InChI=1S/C16H18ClF3N2O3/c1-15(2,14(24)22-5-7-25-8-6-22)13(23)21-12-4-3-10(17)9-11(12)16(18,19)20/h3-4,9H,5-8H2,1-2H3,(H,21,23). The average Bonchev–Trinajstić information content (AvgIpc) is 2.55. The fourth-order valence-electron chi connectivity index (χ4n) is 2.40. The number of carbonyl (C=O) groups is 2. The number of hydrogen-bond donors (Lipinski definition) is 1. The SMILES string of the molecule is CC(C)(C(=O)Nc1ccc(Cl)cc1C(F)(F)F)C(=O)N1CCOCC1. The summed E-state index contributed by atoms with van der Waals surface area (Å²) in [6, 6.07) is 3.04. The zero-order valence-electron chi connectivity index (χ0n) is 13.7. The predicted molar refractivity (Wildman–Crippen MR) is 86.3 cm³/mol. The minimum atomic E-state index is -4.69.